The molecule has 0 amide bonds. The molecule has 0 radical (unpaired) electrons. The predicted octanol–water partition coefficient (Wildman–Crippen LogP) is 10.6. The second-order valence-electron chi connectivity index (χ2n) is 34.0. The Kier molecular flexibility index (Phi) is 34.5. The van der Waals surface area contributed by atoms with Gasteiger partial charge < -0.3 is 120 Å². The fourth-order valence-electron chi connectivity index (χ4n) is 16.3. The summed E-state index contributed by atoms with van der Waals surface area (Å²) in [6.07, 6.45) is -38.5. The van der Waals surface area contributed by atoms with Crippen molar-refractivity contribution in [3.8, 4) is 0 Å². The topological polar surface area (TPSA) is 401 Å². The van der Waals surface area contributed by atoms with Crippen LogP contribution in [0.4, 0.5) is 0 Å². The molecule has 6 saturated heterocycles. The van der Waals surface area contributed by atoms with E-state index >= 15 is 4.79 Å². The quantitative estimate of drug-likeness (QED) is 0.0207. The van der Waals surface area contributed by atoms with Gasteiger partial charge in [-0.15, -0.1) is 0 Å². The Labute approximate surface area is 770 Å². The normalized spacial score (nSPS) is 29.8. The van der Waals surface area contributed by atoms with E-state index in [0.717, 1.165) is 33.3 Å². The Morgan fingerprint density at radius 3 is 1.19 bits per heavy atom. The minimum atomic E-state index is -2.01. The fourth-order valence-corrected chi connectivity index (χ4v) is 17.0. The zero-order chi connectivity index (χ0) is 93.7. The number of esters is 8. The molecule has 0 saturated carbocycles. The molecule has 6 aliphatic rings. The minimum absolute atomic E-state index is 0.0467. The van der Waals surface area contributed by atoms with Crippen LogP contribution in [0.1, 0.15) is 105 Å². The van der Waals surface area contributed by atoms with E-state index in [1.807, 2.05) is 54.6 Å². The van der Waals surface area contributed by atoms with E-state index in [9.17, 15) is 33.6 Å². The van der Waals surface area contributed by atoms with Crippen LogP contribution in [0.5, 0.6) is 0 Å². The highest BCUT2D eigenvalue weighted by Gasteiger charge is 2.62. The van der Waals surface area contributed by atoms with Gasteiger partial charge in [0.2, 0.25) is 0 Å². The van der Waals surface area contributed by atoms with Gasteiger partial charge >= 0.3 is 47.8 Å². The average Bonchev–Trinajstić information content (AvgIpc) is 0.751. The summed E-state index contributed by atoms with van der Waals surface area (Å²) in [5.41, 5.74) is 18.9. The molecule has 34 heteroatoms. The van der Waals surface area contributed by atoms with Crippen molar-refractivity contribution in [1.82, 2.24) is 0 Å². The third kappa shape index (κ3) is 26.4. The first-order valence-corrected chi connectivity index (χ1v) is 47.9. The molecular weight excluding hydrogens is 1740 g/mol. The Hall–Kier alpha value is -10.9. The number of ether oxygens (including phenoxy) is 23. The van der Waals surface area contributed by atoms with Crippen molar-refractivity contribution in [2.24, 2.45) is 11.5 Å². The molecule has 133 heavy (non-hydrogen) atoms. The molecule has 708 valence electrons. The smallest absolute Gasteiger partial charge is 0.338 e. The second-order valence-corrected chi connectivity index (χ2v) is 39.6. The maximum absolute atomic E-state index is 15.1. The molecule has 0 spiro atoms. The van der Waals surface area contributed by atoms with E-state index in [4.69, 9.17) is 120 Å². The van der Waals surface area contributed by atoms with Gasteiger partial charge in [0, 0.05) is 47.9 Å². The van der Waals surface area contributed by atoms with Gasteiger partial charge in [-0.05, 0) is 78.2 Å². The van der Waals surface area contributed by atoms with Crippen LogP contribution in [0.3, 0.4) is 0 Å². The van der Waals surface area contributed by atoms with E-state index in [-0.39, 0.29) is 61.9 Å². The van der Waals surface area contributed by atoms with Gasteiger partial charge in [-0.3, -0.25) is 19.2 Å². The first kappa shape index (κ1) is 98.1. The summed E-state index contributed by atoms with van der Waals surface area (Å²) < 4.78 is 155. The van der Waals surface area contributed by atoms with Crippen molar-refractivity contribution in [3.63, 3.8) is 0 Å². The number of hydrogen-bond donors (Lipinski definition) is 2. The number of carbonyl (C=O) groups is 8. The molecule has 26 atom stereocenters. The van der Waals surface area contributed by atoms with E-state index in [0.29, 0.717) is 22.7 Å². The van der Waals surface area contributed by atoms with Crippen molar-refractivity contribution in [1.29, 1.82) is 0 Å². The summed E-state index contributed by atoms with van der Waals surface area (Å²) in [6, 6.07) is 66.0. The van der Waals surface area contributed by atoms with Crippen LogP contribution in [0, 0.1) is 0 Å². The third-order valence-electron chi connectivity index (χ3n) is 22.8. The standard InChI is InChI=1S/C99H112N2O31Si/c1-58-77(124-90(106)66-39-23-12-24-40-66)84(125-91(107)67-41-25-13-26-42-67)87(114-53-65-37-21-11-22-38-65)98(116-58)132-83-76(101)96(120-71(54-110-51-63-33-17-9-18-34-63)78(83)130-99-89(119-62(5)105)85(118-61(4)104)80(117-60(3)103)73(123-99)56-113-59(2)102)131-82-75(100)95(121-74-57-115-94(128-79(74)82)70-47-31-16-32-48-70)129-81-72(55-111-52-64-35-19-10-20-36-64)122-97(112-49-50-133(6,7)8)88(127-93(109)69-45-29-15-30-46-69)86(81)126-92(108)68-43-27-14-28-44-68/h9-48,58,71-89,94-99H,49-57,100-101H2,1-8H3/t58-,71+,72+,73+,74+,75+,76+,77+,78+,79-,80-,81+,82+,83+,84+,85-,86-,87-,88+,89+,94-,95-,96-,97+,98-,99-/m0/s1. The summed E-state index contributed by atoms with van der Waals surface area (Å²) >= 11 is 0. The van der Waals surface area contributed by atoms with Crippen molar-refractivity contribution < 1.29 is 147 Å². The molecule has 33 nitrogen and oxygen atoms in total. The molecular formula is C99H112N2O31Si. The molecule has 4 N–H and O–H groups in total. The zero-order valence-corrected chi connectivity index (χ0v) is 75.8. The van der Waals surface area contributed by atoms with Crippen LogP contribution in [-0.2, 0) is 148 Å². The molecule has 0 bridgehead atoms. The van der Waals surface area contributed by atoms with Gasteiger partial charge in [0.25, 0.3) is 0 Å². The van der Waals surface area contributed by atoms with Crippen LogP contribution in [0.15, 0.2) is 243 Å². The summed E-state index contributed by atoms with van der Waals surface area (Å²) in [4.78, 5) is 113. The number of hydrogen-bond acceptors (Lipinski definition) is 33. The number of rotatable bonds is 37. The molecule has 6 aliphatic heterocycles. The van der Waals surface area contributed by atoms with Crippen LogP contribution in [-0.4, -0.2) is 242 Å². The van der Waals surface area contributed by atoms with Crippen LogP contribution < -0.4 is 11.5 Å². The van der Waals surface area contributed by atoms with Gasteiger partial charge in [0.1, 0.15) is 67.6 Å². The highest BCUT2D eigenvalue weighted by Crippen LogP contribution is 2.43. The maximum Gasteiger partial charge on any atom is 0.338 e. The van der Waals surface area contributed by atoms with Gasteiger partial charge in [-0.2, -0.15) is 0 Å². The van der Waals surface area contributed by atoms with Crippen LogP contribution >= 0.6 is 0 Å². The first-order valence-electron chi connectivity index (χ1n) is 44.2. The lowest BCUT2D eigenvalue weighted by Crippen LogP contribution is -2.72. The fraction of sp³-hybridized carbons (Fsp3) is 0.434. The summed E-state index contributed by atoms with van der Waals surface area (Å²) in [5, 5.41) is 0. The molecule has 8 aromatic rings. The molecule has 0 unspecified atom stereocenters. The van der Waals surface area contributed by atoms with Crippen LogP contribution in [0.2, 0.25) is 25.7 Å². The minimum Gasteiger partial charge on any atom is -0.463 e. The first-order chi connectivity index (χ1) is 64.3. The molecule has 0 aromatic heterocycles. The largest absolute Gasteiger partial charge is 0.463 e. The van der Waals surface area contributed by atoms with Crippen molar-refractivity contribution in [3.05, 3.63) is 287 Å². The van der Waals surface area contributed by atoms with Crippen LogP contribution in [0.25, 0.3) is 0 Å². The molecule has 6 heterocycles. The lowest BCUT2D eigenvalue weighted by Gasteiger charge is -2.53. The van der Waals surface area contributed by atoms with Crippen molar-refractivity contribution in [2.75, 3.05) is 33.0 Å². The molecule has 0 aliphatic carbocycles. The van der Waals surface area contributed by atoms with Crippen molar-refractivity contribution in [2.45, 2.75) is 240 Å². The summed E-state index contributed by atoms with van der Waals surface area (Å²) in [5.74, 6) is -7.08. The number of fused-ring (bicyclic) bond motifs is 1. The predicted molar refractivity (Wildman–Crippen MR) is 472 cm³/mol. The highest BCUT2D eigenvalue weighted by atomic mass is 28.3. The Balaban J connectivity index is 0.915. The van der Waals surface area contributed by atoms with E-state index in [1.165, 1.54) is 12.1 Å². The number of nitrogens with two attached hydrogens (primary N) is 2. The lowest BCUT2D eigenvalue weighted by atomic mass is 9.93. The SMILES string of the molecule is CC(=O)OC[C@H]1O[C@@H](O[C@H]2[C@H](O[C@@H]3O[C@@H](C)[C@@H](OC(=O)c4ccccc4)[C@@H](OC(=O)c4ccccc4)[C@@H]3OCc3ccccc3)[C@@H](N)[C@H](O[C@@H]3[C@@H](N)[C@H](O[C@H]4[C@H](OC(=O)c5ccccc5)[C@@H](OC(=O)c5ccccc5)[C@H](OCC[Si](C)(C)C)O[C@@H]4COCc4ccccc4)O[C@@H]4CO[C@H](c5ccccc5)O[C@H]34)O[C@@H]2COCc2ccccc2)[C@H](OC(C)=O)[C@@H](OC(C)=O)[C@H]1OC(C)=O. The summed E-state index contributed by atoms with van der Waals surface area (Å²) in [7, 11) is -1.88. The average molecular weight is 1850 g/mol. The van der Waals surface area contributed by atoms with E-state index in [1.54, 1.807) is 183 Å². The van der Waals surface area contributed by atoms with E-state index < -0.39 is 229 Å². The van der Waals surface area contributed by atoms with Gasteiger partial charge in [-0.1, -0.05) is 214 Å². The molecule has 14 rings (SSSR count). The Bertz CT molecular complexity index is 5070. The monoisotopic (exact) mass is 1850 g/mol. The highest BCUT2D eigenvalue weighted by molar-refractivity contribution is 6.76. The number of benzene rings is 8. The Morgan fingerprint density at radius 1 is 0.338 bits per heavy atom. The summed E-state index contributed by atoms with van der Waals surface area (Å²) in [6.45, 7) is 10.5. The lowest BCUT2D eigenvalue weighted by molar-refractivity contribution is -0.397. The van der Waals surface area contributed by atoms with Crippen molar-refractivity contribution >= 4 is 55.8 Å². The second kappa shape index (κ2) is 46.8. The van der Waals surface area contributed by atoms with E-state index in [2.05, 4.69) is 19.6 Å². The van der Waals surface area contributed by atoms with Gasteiger partial charge in [0.05, 0.1) is 80.1 Å². The third-order valence-corrected chi connectivity index (χ3v) is 24.5. The molecule has 8 aromatic carbocycles. The Morgan fingerprint density at radius 2 is 0.699 bits per heavy atom. The zero-order valence-electron chi connectivity index (χ0n) is 74.8. The van der Waals surface area contributed by atoms with Gasteiger partial charge in [0.15, 0.2) is 80.5 Å². The van der Waals surface area contributed by atoms with Gasteiger partial charge in [-0.25, -0.2) is 19.2 Å². The number of carbonyl (C=O) groups excluding carboxylic acids is 8. The maximum atomic E-state index is 15.1. The molecule has 6 fully saturated rings.